The molecule has 14 heavy (non-hydrogen) atoms. The molecule has 0 aliphatic rings. The molecule has 1 aromatic heterocycles. The van der Waals surface area contributed by atoms with Crippen molar-refractivity contribution in [2.75, 3.05) is 0 Å². The van der Waals surface area contributed by atoms with Crippen molar-refractivity contribution in [3.05, 3.63) is 54.2 Å². The van der Waals surface area contributed by atoms with E-state index in [1.54, 1.807) is 12.1 Å². The van der Waals surface area contributed by atoms with Gasteiger partial charge in [0, 0.05) is 11.6 Å². The van der Waals surface area contributed by atoms with Crippen LogP contribution in [0.3, 0.4) is 0 Å². The Kier molecular flexibility index (Phi) is 2.23. The first-order valence-corrected chi connectivity index (χ1v) is 4.14. The van der Waals surface area contributed by atoms with E-state index in [9.17, 15) is 8.78 Å². The lowest BCUT2D eigenvalue weighted by Gasteiger charge is -2.00. The van der Waals surface area contributed by atoms with Crippen molar-refractivity contribution in [1.29, 1.82) is 0 Å². The Bertz CT molecular complexity index is 440. The second-order valence-electron chi connectivity index (χ2n) is 2.85. The van der Waals surface area contributed by atoms with Gasteiger partial charge in [-0.2, -0.15) is 0 Å². The van der Waals surface area contributed by atoms with Crippen LogP contribution in [0.5, 0.6) is 0 Å². The molecule has 0 aliphatic carbocycles. The summed E-state index contributed by atoms with van der Waals surface area (Å²) < 4.78 is 25.4. The molecular weight excluding hydrogens is 184 g/mol. The molecule has 0 saturated carbocycles. The topological polar surface area (TPSA) is 12.9 Å². The van der Waals surface area contributed by atoms with Gasteiger partial charge in [-0.1, -0.05) is 30.3 Å². The summed E-state index contributed by atoms with van der Waals surface area (Å²) >= 11 is 0. The summed E-state index contributed by atoms with van der Waals surface area (Å²) in [6.07, 6.45) is 0.887. The van der Waals surface area contributed by atoms with Gasteiger partial charge in [0.15, 0.2) is 11.6 Å². The zero-order valence-electron chi connectivity index (χ0n) is 7.24. The fourth-order valence-electron chi connectivity index (χ4n) is 1.18. The molecule has 3 heteroatoms. The first-order chi connectivity index (χ1) is 6.77. The summed E-state index contributed by atoms with van der Waals surface area (Å²) in [4.78, 5) is 3.79. The van der Waals surface area contributed by atoms with Crippen LogP contribution in [-0.2, 0) is 0 Å². The highest BCUT2D eigenvalue weighted by atomic mass is 19.2. The van der Waals surface area contributed by atoms with Gasteiger partial charge in [0.1, 0.15) is 0 Å². The third-order valence-electron chi connectivity index (χ3n) is 1.88. The smallest absolute Gasteiger partial charge is 0.177 e. The first kappa shape index (κ1) is 8.81. The maximum Gasteiger partial charge on any atom is 0.177 e. The number of aromatic nitrogens is 1. The lowest BCUT2D eigenvalue weighted by Crippen LogP contribution is -1.89. The van der Waals surface area contributed by atoms with E-state index < -0.39 is 11.6 Å². The average molecular weight is 191 g/mol. The Morgan fingerprint density at radius 1 is 0.929 bits per heavy atom. The Hall–Kier alpha value is -1.77. The monoisotopic (exact) mass is 191 g/mol. The van der Waals surface area contributed by atoms with Crippen LogP contribution in [0, 0.1) is 11.6 Å². The molecular formula is C11H7F2N. The van der Waals surface area contributed by atoms with Gasteiger partial charge in [-0.25, -0.2) is 8.78 Å². The fraction of sp³-hybridized carbons (Fsp3) is 0. The molecule has 2 aromatic rings. The second kappa shape index (κ2) is 3.54. The summed E-state index contributed by atoms with van der Waals surface area (Å²) in [5, 5.41) is 0. The molecule has 1 aromatic carbocycles. The van der Waals surface area contributed by atoms with Gasteiger partial charge in [0.2, 0.25) is 0 Å². The lowest BCUT2D eigenvalue weighted by atomic mass is 10.1. The van der Waals surface area contributed by atoms with Crippen molar-refractivity contribution in [1.82, 2.24) is 4.98 Å². The summed E-state index contributed by atoms with van der Waals surface area (Å²) in [6, 6.07) is 10.2. The van der Waals surface area contributed by atoms with Crippen LogP contribution in [0.25, 0.3) is 11.3 Å². The standard InChI is InChI=1S/C11H7F2N/c12-9-6-11(14-7-10(9)13)8-4-2-1-3-5-8/h1-7H. The van der Waals surface area contributed by atoms with Gasteiger partial charge in [0.05, 0.1) is 11.9 Å². The summed E-state index contributed by atoms with van der Waals surface area (Å²) in [7, 11) is 0. The van der Waals surface area contributed by atoms with Crippen LogP contribution in [0.1, 0.15) is 0 Å². The molecule has 70 valence electrons. The largest absolute Gasteiger partial charge is 0.253 e. The van der Waals surface area contributed by atoms with Crippen LogP contribution >= 0.6 is 0 Å². The van der Waals surface area contributed by atoms with Gasteiger partial charge < -0.3 is 0 Å². The lowest BCUT2D eigenvalue weighted by molar-refractivity contribution is 0.504. The highest BCUT2D eigenvalue weighted by Gasteiger charge is 2.04. The van der Waals surface area contributed by atoms with Crippen molar-refractivity contribution in [2.24, 2.45) is 0 Å². The highest BCUT2D eigenvalue weighted by molar-refractivity contribution is 5.58. The van der Waals surface area contributed by atoms with Gasteiger partial charge >= 0.3 is 0 Å². The molecule has 0 amide bonds. The Morgan fingerprint density at radius 2 is 1.64 bits per heavy atom. The summed E-state index contributed by atoms with van der Waals surface area (Å²) in [5.74, 6) is -1.80. The van der Waals surface area contributed by atoms with Crippen LogP contribution in [0.15, 0.2) is 42.6 Å². The van der Waals surface area contributed by atoms with Gasteiger partial charge in [-0.15, -0.1) is 0 Å². The minimum absolute atomic E-state index is 0.435. The van der Waals surface area contributed by atoms with Crippen molar-refractivity contribution in [2.45, 2.75) is 0 Å². The molecule has 2 rings (SSSR count). The predicted octanol–water partition coefficient (Wildman–Crippen LogP) is 3.03. The third kappa shape index (κ3) is 1.62. The van der Waals surface area contributed by atoms with E-state index in [1.807, 2.05) is 18.2 Å². The Morgan fingerprint density at radius 3 is 2.29 bits per heavy atom. The Labute approximate surface area is 80.0 Å². The number of benzene rings is 1. The SMILES string of the molecule is Fc1cnc(-c2ccccc2)cc1F. The number of pyridine rings is 1. The van der Waals surface area contributed by atoms with E-state index in [0.717, 1.165) is 17.8 Å². The predicted molar refractivity (Wildman–Crippen MR) is 49.6 cm³/mol. The molecule has 1 nitrogen and oxygen atoms in total. The molecule has 0 spiro atoms. The van der Waals surface area contributed by atoms with E-state index in [4.69, 9.17) is 0 Å². The number of hydrogen-bond acceptors (Lipinski definition) is 1. The van der Waals surface area contributed by atoms with Crippen molar-refractivity contribution >= 4 is 0 Å². The third-order valence-corrected chi connectivity index (χ3v) is 1.88. The summed E-state index contributed by atoms with van der Waals surface area (Å²) in [6.45, 7) is 0. The van der Waals surface area contributed by atoms with E-state index in [2.05, 4.69) is 4.98 Å². The molecule has 0 radical (unpaired) electrons. The minimum Gasteiger partial charge on any atom is -0.253 e. The van der Waals surface area contributed by atoms with Crippen molar-refractivity contribution in [3.63, 3.8) is 0 Å². The molecule has 0 fully saturated rings. The molecule has 0 aliphatic heterocycles. The minimum atomic E-state index is -0.926. The zero-order chi connectivity index (χ0) is 9.97. The fourth-order valence-corrected chi connectivity index (χ4v) is 1.18. The number of rotatable bonds is 1. The van der Waals surface area contributed by atoms with Crippen molar-refractivity contribution in [3.8, 4) is 11.3 Å². The van der Waals surface area contributed by atoms with E-state index in [0.29, 0.717) is 5.69 Å². The molecule has 0 atom stereocenters. The molecule has 0 bridgehead atoms. The molecule has 0 unspecified atom stereocenters. The molecule has 1 heterocycles. The normalized spacial score (nSPS) is 10.1. The van der Waals surface area contributed by atoms with E-state index >= 15 is 0 Å². The van der Waals surface area contributed by atoms with Crippen LogP contribution in [0.4, 0.5) is 8.78 Å². The van der Waals surface area contributed by atoms with Crippen molar-refractivity contribution < 1.29 is 8.78 Å². The van der Waals surface area contributed by atoms with Crippen LogP contribution < -0.4 is 0 Å². The van der Waals surface area contributed by atoms with E-state index in [1.165, 1.54) is 0 Å². The maximum absolute atomic E-state index is 12.8. The zero-order valence-corrected chi connectivity index (χ0v) is 7.24. The number of nitrogens with zero attached hydrogens (tertiary/aromatic N) is 1. The van der Waals surface area contributed by atoms with E-state index in [-0.39, 0.29) is 0 Å². The number of halogens is 2. The number of hydrogen-bond donors (Lipinski definition) is 0. The average Bonchev–Trinajstić information content (AvgIpc) is 2.23. The Balaban J connectivity index is 2.48. The second-order valence-corrected chi connectivity index (χ2v) is 2.85. The first-order valence-electron chi connectivity index (χ1n) is 4.14. The van der Waals surface area contributed by atoms with Gasteiger partial charge in [0.25, 0.3) is 0 Å². The quantitative estimate of drug-likeness (QED) is 0.675. The molecule has 0 saturated heterocycles. The molecule has 0 N–H and O–H groups in total. The summed E-state index contributed by atoms with van der Waals surface area (Å²) in [5.41, 5.74) is 1.20. The van der Waals surface area contributed by atoms with Crippen LogP contribution in [0.2, 0.25) is 0 Å². The highest BCUT2D eigenvalue weighted by Crippen LogP contribution is 2.17. The van der Waals surface area contributed by atoms with Gasteiger partial charge in [-0.3, -0.25) is 4.98 Å². The van der Waals surface area contributed by atoms with Crippen LogP contribution in [-0.4, -0.2) is 4.98 Å². The van der Waals surface area contributed by atoms with Gasteiger partial charge in [-0.05, 0) is 0 Å². The maximum atomic E-state index is 12.8.